The van der Waals surface area contributed by atoms with Gasteiger partial charge in [-0.2, -0.15) is 0 Å². The monoisotopic (exact) mass is 555 g/mol. The summed E-state index contributed by atoms with van der Waals surface area (Å²) in [5.74, 6) is 0.525. The van der Waals surface area contributed by atoms with E-state index in [1.165, 1.54) is 171 Å². The van der Waals surface area contributed by atoms with E-state index in [4.69, 9.17) is 0 Å². The summed E-state index contributed by atoms with van der Waals surface area (Å²) in [6.07, 6.45) is 38.9. The van der Waals surface area contributed by atoms with Gasteiger partial charge in [-0.3, -0.25) is 4.79 Å². The van der Waals surface area contributed by atoms with E-state index in [-0.39, 0.29) is 0 Å². The minimum absolute atomic E-state index is 0.525. The zero-order valence-electron chi connectivity index (χ0n) is 25.1. The molecule has 0 saturated carbocycles. The van der Waals surface area contributed by atoms with Crippen molar-refractivity contribution in [1.29, 1.82) is 0 Å². The molecule has 0 aliphatic carbocycles. The number of carbonyl (C=O) groups excluding carboxylic acids is 1. The van der Waals surface area contributed by atoms with Gasteiger partial charge < -0.3 is 0 Å². The quantitative estimate of drug-likeness (QED) is 0.0595. The first-order chi connectivity index (χ1) is 17.8. The number of rotatable bonds is 32. The van der Waals surface area contributed by atoms with E-state index in [9.17, 15) is 4.79 Å². The fourth-order valence-corrected chi connectivity index (χ4v) is 6.24. The van der Waals surface area contributed by atoms with E-state index in [0.29, 0.717) is 5.78 Å². The molecule has 0 heterocycles. The SMILES string of the molecule is CCCCCCCCCCCCCCCCCC(=O)CCCCCCCCCCC[CH2][Cu][CH2]CCC. The van der Waals surface area contributed by atoms with Crippen molar-refractivity contribution >= 4 is 5.78 Å². The third kappa shape index (κ3) is 32.2. The molecule has 0 saturated heterocycles. The van der Waals surface area contributed by atoms with Crippen LogP contribution in [0.25, 0.3) is 0 Å². The number of hydrogen-bond donors (Lipinski definition) is 0. The molecule has 0 spiro atoms. The summed E-state index contributed by atoms with van der Waals surface area (Å²) in [5.41, 5.74) is 0. The molecule has 0 aromatic rings. The van der Waals surface area contributed by atoms with Crippen molar-refractivity contribution in [2.75, 3.05) is 0 Å². The van der Waals surface area contributed by atoms with Crippen molar-refractivity contribution in [3.8, 4) is 0 Å². The predicted molar refractivity (Wildman–Crippen MR) is 160 cm³/mol. The number of ketones is 1. The van der Waals surface area contributed by atoms with Crippen LogP contribution in [-0.2, 0) is 19.8 Å². The van der Waals surface area contributed by atoms with Crippen molar-refractivity contribution in [2.24, 2.45) is 0 Å². The van der Waals surface area contributed by atoms with Crippen LogP contribution in [0.2, 0.25) is 10.6 Å². The Morgan fingerprint density at radius 3 is 1.00 bits per heavy atom. The maximum absolute atomic E-state index is 12.1. The molecule has 0 aromatic carbocycles. The van der Waals surface area contributed by atoms with Crippen molar-refractivity contribution in [3.05, 3.63) is 0 Å². The zero-order chi connectivity index (χ0) is 26.2. The van der Waals surface area contributed by atoms with Crippen LogP contribution in [0.4, 0.5) is 0 Å². The Labute approximate surface area is 235 Å². The van der Waals surface area contributed by atoms with Crippen LogP contribution < -0.4 is 0 Å². The van der Waals surface area contributed by atoms with Gasteiger partial charge in [-0.1, -0.05) is 96.8 Å². The van der Waals surface area contributed by atoms with Crippen molar-refractivity contribution in [3.63, 3.8) is 0 Å². The van der Waals surface area contributed by atoms with E-state index in [1.807, 2.05) is 0 Å². The Hall–Kier alpha value is 0.189. The van der Waals surface area contributed by atoms with E-state index < -0.39 is 0 Å². The van der Waals surface area contributed by atoms with Crippen LogP contribution in [0, 0.1) is 0 Å². The van der Waals surface area contributed by atoms with Gasteiger partial charge in [0, 0.05) is 6.42 Å². The third-order valence-corrected chi connectivity index (χ3v) is 8.88. The molecular formula is C34H68CuO. The molecule has 0 aliphatic heterocycles. The molecule has 0 rings (SSSR count). The van der Waals surface area contributed by atoms with Gasteiger partial charge in [-0.05, 0) is 6.42 Å². The fourth-order valence-electron chi connectivity index (χ4n) is 4.96. The predicted octanol–water partition coefficient (Wildman–Crippen LogP) is 12.8. The van der Waals surface area contributed by atoms with Gasteiger partial charge in [-0.15, -0.1) is 0 Å². The Bertz CT molecular complexity index is 372. The second-order valence-electron chi connectivity index (χ2n) is 11.3. The number of hydrogen-bond acceptors (Lipinski definition) is 1. The van der Waals surface area contributed by atoms with Crippen LogP contribution in [0.3, 0.4) is 0 Å². The molecule has 0 radical (unpaired) electrons. The molecule has 0 atom stereocenters. The van der Waals surface area contributed by atoms with Gasteiger partial charge in [-0.25, -0.2) is 0 Å². The van der Waals surface area contributed by atoms with Crippen LogP contribution in [0.1, 0.15) is 200 Å². The average Bonchev–Trinajstić information content (AvgIpc) is 2.88. The molecule has 0 N–H and O–H groups in total. The Balaban J connectivity index is 3.14. The van der Waals surface area contributed by atoms with Crippen molar-refractivity contribution in [1.82, 2.24) is 0 Å². The molecule has 0 bridgehead atoms. The summed E-state index contributed by atoms with van der Waals surface area (Å²) < 4.78 is 0. The third-order valence-electron chi connectivity index (χ3n) is 7.54. The molecule has 36 heavy (non-hydrogen) atoms. The first-order valence-electron chi connectivity index (χ1n) is 16.8. The number of carbonyl (C=O) groups is 1. The summed E-state index contributed by atoms with van der Waals surface area (Å²) in [6.45, 7) is 4.57. The molecule has 1 nitrogen and oxygen atoms in total. The summed E-state index contributed by atoms with van der Waals surface area (Å²) in [5, 5.41) is 2.72. The Morgan fingerprint density at radius 1 is 0.361 bits per heavy atom. The van der Waals surface area contributed by atoms with Crippen molar-refractivity contribution in [2.45, 2.75) is 211 Å². The van der Waals surface area contributed by atoms with Gasteiger partial charge in [0.1, 0.15) is 5.78 Å². The molecule has 221 valence electrons. The fraction of sp³-hybridized carbons (Fsp3) is 0.971. The molecule has 0 fully saturated rings. The van der Waals surface area contributed by atoms with Gasteiger partial charge in [0.15, 0.2) is 0 Å². The molecule has 0 aliphatic rings. The summed E-state index contributed by atoms with van der Waals surface area (Å²) >= 11 is 2.23. The van der Waals surface area contributed by atoms with Gasteiger partial charge in [0.05, 0.1) is 0 Å². The van der Waals surface area contributed by atoms with E-state index in [0.717, 1.165) is 25.7 Å². The molecule has 0 amide bonds. The first kappa shape index (κ1) is 36.2. The minimum atomic E-state index is 0.525. The van der Waals surface area contributed by atoms with Gasteiger partial charge >= 0.3 is 116 Å². The van der Waals surface area contributed by atoms with Gasteiger partial charge in [0.25, 0.3) is 0 Å². The second kappa shape index (κ2) is 33.2. The maximum atomic E-state index is 12.1. The Kier molecular flexibility index (Phi) is 33.4. The standard InChI is InChI=1S/C30H59O.C4H9.Cu/c1-3-5-7-9-11-13-15-16-17-18-19-21-23-25-27-29-30(31)28-26-24-22-20-14-12-10-8-6-4-2;1-3-4-2;/h2-29H2,1H3;1,3-4H2,2H3;. The van der Waals surface area contributed by atoms with Crippen LogP contribution in [0.5, 0.6) is 0 Å². The molecule has 2 heteroatoms. The second-order valence-corrected chi connectivity index (χ2v) is 12.7. The first-order valence-corrected chi connectivity index (χ1v) is 18.1. The van der Waals surface area contributed by atoms with E-state index in [1.54, 1.807) is 0 Å². The van der Waals surface area contributed by atoms with E-state index in [2.05, 4.69) is 28.8 Å². The molecular weight excluding hydrogens is 488 g/mol. The Morgan fingerprint density at radius 2 is 0.639 bits per heavy atom. The van der Waals surface area contributed by atoms with Crippen molar-refractivity contribution < 1.29 is 19.8 Å². The number of Topliss-reactive ketones (excluding diaryl/α,β-unsaturated/α-hetero) is 1. The normalized spacial score (nSPS) is 11.5. The molecule has 0 unspecified atom stereocenters. The average molecular weight is 556 g/mol. The van der Waals surface area contributed by atoms with Gasteiger partial charge in [0.2, 0.25) is 0 Å². The van der Waals surface area contributed by atoms with E-state index >= 15 is 0 Å². The summed E-state index contributed by atoms with van der Waals surface area (Å²) in [7, 11) is 0. The van der Waals surface area contributed by atoms with Crippen LogP contribution >= 0.6 is 0 Å². The summed E-state index contributed by atoms with van der Waals surface area (Å²) in [4.78, 5) is 12.1. The zero-order valence-corrected chi connectivity index (χ0v) is 26.1. The number of unbranched alkanes of at least 4 members (excludes halogenated alkanes) is 24. The summed E-state index contributed by atoms with van der Waals surface area (Å²) in [6, 6.07) is 0. The topological polar surface area (TPSA) is 17.1 Å². The molecule has 0 aromatic heterocycles. The van der Waals surface area contributed by atoms with Crippen LogP contribution in [-0.4, -0.2) is 5.78 Å². The van der Waals surface area contributed by atoms with Crippen LogP contribution in [0.15, 0.2) is 0 Å².